The minimum atomic E-state index is 0.755. The second-order valence-electron chi connectivity index (χ2n) is 4.04. The molecule has 0 amide bonds. The van der Waals surface area contributed by atoms with E-state index in [-0.39, 0.29) is 0 Å². The van der Waals surface area contributed by atoms with E-state index >= 15 is 0 Å². The van der Waals surface area contributed by atoms with Crippen molar-refractivity contribution in [2.75, 3.05) is 6.54 Å². The molecule has 0 aliphatic heterocycles. The molecule has 1 saturated carbocycles. The van der Waals surface area contributed by atoms with Crippen LogP contribution in [0, 0.1) is 6.92 Å². The van der Waals surface area contributed by atoms with Crippen molar-refractivity contribution < 1.29 is 0 Å². The van der Waals surface area contributed by atoms with Gasteiger partial charge in [0.2, 0.25) is 0 Å². The Kier molecular flexibility index (Phi) is 2.68. The maximum absolute atomic E-state index is 4.23. The Morgan fingerprint density at radius 2 is 2.50 bits per heavy atom. The first-order valence-electron chi connectivity index (χ1n) is 5.14. The second-order valence-corrected chi connectivity index (χ2v) is 4.04. The molecule has 3 nitrogen and oxygen atoms in total. The van der Waals surface area contributed by atoms with Gasteiger partial charge in [-0.1, -0.05) is 6.58 Å². The van der Waals surface area contributed by atoms with Crippen LogP contribution in [-0.2, 0) is 6.54 Å². The van der Waals surface area contributed by atoms with E-state index in [2.05, 4.69) is 23.9 Å². The summed E-state index contributed by atoms with van der Waals surface area (Å²) in [4.78, 5) is 0. The highest BCUT2D eigenvalue weighted by molar-refractivity contribution is 5.04. The fourth-order valence-electron chi connectivity index (χ4n) is 1.41. The molecular weight excluding hydrogens is 174 g/mol. The van der Waals surface area contributed by atoms with E-state index in [4.69, 9.17) is 0 Å². The van der Waals surface area contributed by atoms with Gasteiger partial charge >= 0.3 is 0 Å². The zero-order chi connectivity index (χ0) is 9.97. The van der Waals surface area contributed by atoms with Crippen molar-refractivity contribution in [1.29, 1.82) is 0 Å². The highest BCUT2D eigenvalue weighted by Crippen LogP contribution is 2.18. The third kappa shape index (κ3) is 2.45. The van der Waals surface area contributed by atoms with Crippen molar-refractivity contribution in [3.8, 4) is 0 Å². The standard InChI is InChI=1S/C11H17N3/c1-9(7-12-11-3-4-11)8-14-10(2)5-6-13-14/h5-6,11-12H,1,3-4,7-8H2,2H3. The van der Waals surface area contributed by atoms with Crippen molar-refractivity contribution in [3.63, 3.8) is 0 Å². The molecule has 1 aliphatic carbocycles. The molecule has 0 aromatic carbocycles. The third-order valence-electron chi connectivity index (χ3n) is 2.52. The molecule has 2 rings (SSSR count). The molecule has 1 aromatic heterocycles. The molecule has 1 heterocycles. The lowest BCUT2D eigenvalue weighted by atomic mass is 10.3. The Hall–Kier alpha value is -1.09. The fourth-order valence-corrected chi connectivity index (χ4v) is 1.41. The molecule has 1 N–H and O–H groups in total. The maximum Gasteiger partial charge on any atom is 0.0632 e. The van der Waals surface area contributed by atoms with Crippen LogP contribution in [0.2, 0.25) is 0 Å². The minimum Gasteiger partial charge on any atom is -0.310 e. The third-order valence-corrected chi connectivity index (χ3v) is 2.52. The van der Waals surface area contributed by atoms with E-state index in [1.54, 1.807) is 0 Å². The molecule has 0 atom stereocenters. The van der Waals surface area contributed by atoms with Crippen LogP contribution in [0.1, 0.15) is 18.5 Å². The molecule has 1 aliphatic rings. The molecule has 76 valence electrons. The Morgan fingerprint density at radius 3 is 3.07 bits per heavy atom. The van der Waals surface area contributed by atoms with Crippen molar-refractivity contribution in [2.24, 2.45) is 0 Å². The SMILES string of the molecule is C=C(CNC1CC1)Cn1nccc1C. The van der Waals surface area contributed by atoms with Gasteiger partial charge in [0.1, 0.15) is 0 Å². The van der Waals surface area contributed by atoms with E-state index in [1.807, 2.05) is 16.9 Å². The zero-order valence-electron chi connectivity index (χ0n) is 8.66. The van der Waals surface area contributed by atoms with Gasteiger partial charge in [-0.05, 0) is 31.4 Å². The van der Waals surface area contributed by atoms with Crippen molar-refractivity contribution in [3.05, 3.63) is 30.1 Å². The average Bonchev–Trinajstić information content (AvgIpc) is 2.90. The van der Waals surface area contributed by atoms with Crippen LogP contribution >= 0.6 is 0 Å². The van der Waals surface area contributed by atoms with Gasteiger partial charge in [-0.15, -0.1) is 0 Å². The molecule has 1 aromatic rings. The van der Waals surface area contributed by atoms with Gasteiger partial charge < -0.3 is 5.32 Å². The molecule has 3 heteroatoms. The minimum absolute atomic E-state index is 0.755. The fraction of sp³-hybridized carbons (Fsp3) is 0.545. The Balaban J connectivity index is 1.78. The largest absolute Gasteiger partial charge is 0.310 e. The lowest BCUT2D eigenvalue weighted by molar-refractivity contribution is 0.622. The van der Waals surface area contributed by atoms with Gasteiger partial charge in [0.05, 0.1) is 6.54 Å². The predicted molar refractivity (Wildman–Crippen MR) is 57.1 cm³/mol. The molecule has 0 unspecified atom stereocenters. The molecule has 0 spiro atoms. The van der Waals surface area contributed by atoms with Crippen molar-refractivity contribution >= 4 is 0 Å². The Morgan fingerprint density at radius 1 is 1.71 bits per heavy atom. The van der Waals surface area contributed by atoms with Crippen LogP contribution in [-0.4, -0.2) is 22.4 Å². The zero-order valence-corrected chi connectivity index (χ0v) is 8.66. The maximum atomic E-state index is 4.23. The summed E-state index contributed by atoms with van der Waals surface area (Å²) in [5.41, 5.74) is 2.39. The molecular formula is C11H17N3. The summed E-state index contributed by atoms with van der Waals surface area (Å²) < 4.78 is 1.98. The number of hydrogen-bond acceptors (Lipinski definition) is 2. The lowest BCUT2D eigenvalue weighted by Gasteiger charge is -2.08. The van der Waals surface area contributed by atoms with Crippen LogP contribution in [0.25, 0.3) is 0 Å². The summed E-state index contributed by atoms with van der Waals surface area (Å²) in [6, 6.07) is 2.77. The smallest absolute Gasteiger partial charge is 0.0632 e. The van der Waals surface area contributed by atoms with E-state index in [0.717, 1.165) is 19.1 Å². The quantitative estimate of drug-likeness (QED) is 0.715. The van der Waals surface area contributed by atoms with Gasteiger partial charge in [-0.2, -0.15) is 5.10 Å². The van der Waals surface area contributed by atoms with Crippen LogP contribution in [0.15, 0.2) is 24.4 Å². The number of aryl methyl sites for hydroxylation is 1. The first kappa shape index (κ1) is 9.46. The van der Waals surface area contributed by atoms with Gasteiger partial charge in [-0.25, -0.2) is 0 Å². The van der Waals surface area contributed by atoms with Crippen LogP contribution in [0.3, 0.4) is 0 Å². The number of nitrogens with zero attached hydrogens (tertiary/aromatic N) is 2. The van der Waals surface area contributed by atoms with Gasteiger partial charge in [0.25, 0.3) is 0 Å². The molecule has 0 saturated heterocycles. The number of hydrogen-bond donors (Lipinski definition) is 1. The topological polar surface area (TPSA) is 29.9 Å². The molecule has 14 heavy (non-hydrogen) atoms. The van der Waals surface area contributed by atoms with Crippen LogP contribution < -0.4 is 5.32 Å². The average molecular weight is 191 g/mol. The number of aromatic nitrogens is 2. The number of nitrogens with one attached hydrogen (secondary N) is 1. The van der Waals surface area contributed by atoms with Gasteiger partial charge in [-0.3, -0.25) is 4.68 Å². The molecule has 1 fully saturated rings. The molecule has 0 bridgehead atoms. The normalized spacial score (nSPS) is 15.8. The van der Waals surface area contributed by atoms with E-state index < -0.39 is 0 Å². The highest BCUT2D eigenvalue weighted by atomic mass is 15.3. The summed E-state index contributed by atoms with van der Waals surface area (Å²) >= 11 is 0. The predicted octanol–water partition coefficient (Wildman–Crippen LogP) is 1.50. The number of rotatable bonds is 5. The van der Waals surface area contributed by atoms with Crippen LogP contribution in [0.4, 0.5) is 0 Å². The van der Waals surface area contributed by atoms with Crippen molar-refractivity contribution in [2.45, 2.75) is 32.4 Å². The van der Waals surface area contributed by atoms with E-state index in [9.17, 15) is 0 Å². The molecule has 0 radical (unpaired) electrons. The summed E-state index contributed by atoms with van der Waals surface area (Å²) in [7, 11) is 0. The van der Waals surface area contributed by atoms with Crippen LogP contribution in [0.5, 0.6) is 0 Å². The summed E-state index contributed by atoms with van der Waals surface area (Å²) in [5.74, 6) is 0. The first-order chi connectivity index (χ1) is 6.75. The van der Waals surface area contributed by atoms with E-state index in [0.29, 0.717) is 0 Å². The summed E-state index contributed by atoms with van der Waals surface area (Å²) in [6.45, 7) is 7.86. The second kappa shape index (κ2) is 3.96. The van der Waals surface area contributed by atoms with E-state index in [1.165, 1.54) is 24.1 Å². The summed E-state index contributed by atoms with van der Waals surface area (Å²) in [6.07, 6.45) is 4.49. The Labute approximate surface area is 84.8 Å². The van der Waals surface area contributed by atoms with Gasteiger partial charge in [0, 0.05) is 24.5 Å². The monoisotopic (exact) mass is 191 g/mol. The Bertz CT molecular complexity index is 323. The van der Waals surface area contributed by atoms with Crippen molar-refractivity contribution in [1.82, 2.24) is 15.1 Å². The van der Waals surface area contributed by atoms with Gasteiger partial charge in [0.15, 0.2) is 0 Å². The summed E-state index contributed by atoms with van der Waals surface area (Å²) in [5, 5.41) is 7.67. The first-order valence-corrected chi connectivity index (χ1v) is 5.14. The highest BCUT2D eigenvalue weighted by Gasteiger charge is 2.20. The lowest BCUT2D eigenvalue weighted by Crippen LogP contribution is -2.21.